The molecule has 17 heavy (non-hydrogen) atoms. The van der Waals surface area contributed by atoms with Crippen LogP contribution in [0.4, 0.5) is 13.2 Å². The lowest BCUT2D eigenvalue weighted by Crippen LogP contribution is -2.06. The molecule has 0 N–H and O–H groups in total. The molecule has 0 aliphatic rings. The van der Waals surface area contributed by atoms with Crippen LogP contribution in [0.3, 0.4) is 0 Å². The molecule has 0 aliphatic carbocycles. The monoisotopic (exact) mass is 238 g/mol. The number of halogens is 3. The van der Waals surface area contributed by atoms with Crippen molar-refractivity contribution in [2.45, 2.75) is 0 Å². The summed E-state index contributed by atoms with van der Waals surface area (Å²) in [7, 11) is 0. The highest BCUT2D eigenvalue weighted by atomic mass is 19.2. The van der Waals surface area contributed by atoms with E-state index < -0.39 is 34.3 Å². The van der Waals surface area contributed by atoms with E-state index in [9.17, 15) is 13.2 Å². The first kappa shape index (κ1) is 12.6. The lowest BCUT2D eigenvalue weighted by atomic mass is 10.1. The van der Waals surface area contributed by atoms with Crippen LogP contribution in [0.1, 0.15) is 11.1 Å². The summed E-state index contributed by atoms with van der Waals surface area (Å²) in [6.07, 6.45) is 1.22. The lowest BCUT2D eigenvalue weighted by molar-refractivity contribution is 0.327. The third kappa shape index (κ3) is 2.06. The van der Waals surface area contributed by atoms with Crippen LogP contribution in [0, 0.1) is 40.1 Å². The second-order valence-electron chi connectivity index (χ2n) is 2.84. The van der Waals surface area contributed by atoms with Crippen molar-refractivity contribution in [3.63, 3.8) is 0 Å². The van der Waals surface area contributed by atoms with E-state index in [1.165, 1.54) is 12.1 Å². The Morgan fingerprint density at radius 2 is 1.65 bits per heavy atom. The quantitative estimate of drug-likeness (QED) is 0.600. The van der Waals surface area contributed by atoms with Crippen LogP contribution in [-0.2, 0) is 0 Å². The van der Waals surface area contributed by atoms with Crippen molar-refractivity contribution < 1.29 is 17.9 Å². The van der Waals surface area contributed by atoms with Crippen LogP contribution in [0.5, 0.6) is 5.75 Å². The second kappa shape index (κ2) is 5.04. The first-order valence-corrected chi connectivity index (χ1v) is 4.32. The van der Waals surface area contributed by atoms with E-state index >= 15 is 0 Å². The summed E-state index contributed by atoms with van der Waals surface area (Å²) in [6, 6.07) is 2.47. The highest BCUT2D eigenvalue weighted by molar-refractivity contribution is 5.51. The molecular formula is C11H5F3N2O. The van der Waals surface area contributed by atoms with Gasteiger partial charge in [0.05, 0.1) is 0 Å². The molecule has 6 heteroatoms. The average molecular weight is 238 g/mol. The van der Waals surface area contributed by atoms with Crippen molar-refractivity contribution in [2.75, 3.05) is 6.61 Å². The Morgan fingerprint density at radius 1 is 1.06 bits per heavy atom. The number of benzene rings is 1. The van der Waals surface area contributed by atoms with Crippen LogP contribution in [0.25, 0.3) is 0 Å². The molecule has 1 aromatic carbocycles. The molecule has 0 radical (unpaired) electrons. The van der Waals surface area contributed by atoms with Gasteiger partial charge in [0.25, 0.3) is 0 Å². The molecule has 0 aromatic heterocycles. The SMILES string of the molecule is C=CCOc1c(F)c(F)c(C#N)c(F)c1C#N. The van der Waals surface area contributed by atoms with E-state index in [-0.39, 0.29) is 6.61 Å². The number of rotatable bonds is 3. The summed E-state index contributed by atoms with van der Waals surface area (Å²) in [5.74, 6) is -5.54. The molecule has 1 aromatic rings. The van der Waals surface area contributed by atoms with E-state index in [0.29, 0.717) is 0 Å². The molecular weight excluding hydrogens is 233 g/mol. The van der Waals surface area contributed by atoms with Crippen molar-refractivity contribution in [2.24, 2.45) is 0 Å². The van der Waals surface area contributed by atoms with Gasteiger partial charge in [0.15, 0.2) is 17.4 Å². The number of ether oxygens (including phenoxy) is 1. The Kier molecular flexibility index (Phi) is 3.74. The Labute approximate surface area is 95.0 Å². The van der Waals surface area contributed by atoms with Gasteiger partial charge in [-0.15, -0.1) is 0 Å². The van der Waals surface area contributed by atoms with Crippen LogP contribution in [0.2, 0.25) is 0 Å². The molecule has 0 spiro atoms. The predicted octanol–water partition coefficient (Wildman–Crippen LogP) is 2.41. The minimum absolute atomic E-state index is 0.226. The normalized spacial score (nSPS) is 9.24. The fourth-order valence-electron chi connectivity index (χ4n) is 1.12. The summed E-state index contributed by atoms with van der Waals surface area (Å²) in [5.41, 5.74) is -1.99. The molecule has 3 nitrogen and oxygen atoms in total. The Balaban J connectivity index is 3.56. The Morgan fingerprint density at radius 3 is 2.12 bits per heavy atom. The maximum atomic E-state index is 13.4. The fraction of sp³-hybridized carbons (Fsp3) is 0.0909. The molecule has 0 fully saturated rings. The van der Waals surface area contributed by atoms with E-state index in [4.69, 9.17) is 10.5 Å². The topological polar surface area (TPSA) is 56.8 Å². The highest BCUT2D eigenvalue weighted by Crippen LogP contribution is 2.30. The Hall–Kier alpha value is -2.47. The van der Waals surface area contributed by atoms with Crippen LogP contribution >= 0.6 is 0 Å². The molecule has 86 valence electrons. The summed E-state index contributed by atoms with van der Waals surface area (Å²) in [5, 5.41) is 17.1. The van der Waals surface area contributed by atoms with Gasteiger partial charge in [-0.3, -0.25) is 0 Å². The molecule has 0 saturated carbocycles. The third-order valence-corrected chi connectivity index (χ3v) is 1.85. The largest absolute Gasteiger partial charge is 0.485 e. The molecule has 0 unspecified atom stereocenters. The molecule has 0 aliphatic heterocycles. The summed E-state index contributed by atoms with van der Waals surface area (Å²) >= 11 is 0. The number of hydrogen-bond acceptors (Lipinski definition) is 3. The zero-order valence-corrected chi connectivity index (χ0v) is 8.43. The maximum absolute atomic E-state index is 13.4. The Bertz CT molecular complexity index is 556. The van der Waals surface area contributed by atoms with Gasteiger partial charge in [0, 0.05) is 0 Å². The zero-order chi connectivity index (χ0) is 13.0. The van der Waals surface area contributed by atoms with Crippen molar-refractivity contribution in [3.8, 4) is 17.9 Å². The molecule has 0 saturated heterocycles. The van der Waals surface area contributed by atoms with Crippen molar-refractivity contribution >= 4 is 0 Å². The molecule has 0 bridgehead atoms. The minimum Gasteiger partial charge on any atom is -0.485 e. The lowest BCUT2D eigenvalue weighted by Gasteiger charge is -2.09. The van der Waals surface area contributed by atoms with E-state index in [1.807, 2.05) is 0 Å². The van der Waals surface area contributed by atoms with Gasteiger partial charge in [-0.2, -0.15) is 14.9 Å². The number of nitriles is 2. The van der Waals surface area contributed by atoms with Crippen LogP contribution in [0.15, 0.2) is 12.7 Å². The van der Waals surface area contributed by atoms with Crippen molar-refractivity contribution in [1.29, 1.82) is 10.5 Å². The molecule has 0 amide bonds. The minimum atomic E-state index is -1.68. The summed E-state index contributed by atoms with van der Waals surface area (Å²) in [4.78, 5) is 0. The first-order valence-electron chi connectivity index (χ1n) is 4.32. The van der Waals surface area contributed by atoms with Crippen molar-refractivity contribution in [3.05, 3.63) is 41.2 Å². The highest BCUT2D eigenvalue weighted by Gasteiger charge is 2.26. The molecule has 0 atom stereocenters. The van der Waals surface area contributed by atoms with E-state index in [2.05, 4.69) is 11.3 Å². The fourth-order valence-corrected chi connectivity index (χ4v) is 1.12. The van der Waals surface area contributed by atoms with Gasteiger partial charge < -0.3 is 4.74 Å². The third-order valence-electron chi connectivity index (χ3n) is 1.85. The van der Waals surface area contributed by atoms with Gasteiger partial charge in [0.1, 0.15) is 29.9 Å². The molecule has 1 rings (SSSR count). The predicted molar refractivity (Wildman–Crippen MR) is 51.4 cm³/mol. The smallest absolute Gasteiger partial charge is 0.203 e. The van der Waals surface area contributed by atoms with E-state index in [1.54, 1.807) is 0 Å². The van der Waals surface area contributed by atoms with Gasteiger partial charge >= 0.3 is 0 Å². The average Bonchev–Trinajstić information content (AvgIpc) is 2.32. The summed E-state index contributed by atoms with van der Waals surface area (Å²) in [6.45, 7) is 3.04. The number of hydrogen-bond donors (Lipinski definition) is 0. The first-order chi connectivity index (χ1) is 8.08. The van der Waals surface area contributed by atoms with E-state index in [0.717, 1.165) is 6.07 Å². The maximum Gasteiger partial charge on any atom is 0.203 e. The van der Waals surface area contributed by atoms with Crippen LogP contribution in [-0.4, -0.2) is 6.61 Å². The zero-order valence-electron chi connectivity index (χ0n) is 8.43. The summed E-state index contributed by atoms with van der Waals surface area (Å²) < 4.78 is 44.7. The van der Waals surface area contributed by atoms with Gasteiger partial charge in [-0.25, -0.2) is 8.78 Å². The van der Waals surface area contributed by atoms with Gasteiger partial charge in [-0.05, 0) is 0 Å². The standard InChI is InChI=1S/C11H5F3N2O/c1-2-3-17-11-7(5-16)8(12)6(4-15)9(13)10(11)14/h2H,1,3H2. The van der Waals surface area contributed by atoms with Crippen LogP contribution < -0.4 is 4.74 Å². The van der Waals surface area contributed by atoms with Crippen molar-refractivity contribution in [1.82, 2.24) is 0 Å². The number of nitrogens with zero attached hydrogens (tertiary/aromatic N) is 2. The van der Waals surface area contributed by atoms with Gasteiger partial charge in [0.2, 0.25) is 5.82 Å². The second-order valence-corrected chi connectivity index (χ2v) is 2.84. The van der Waals surface area contributed by atoms with Gasteiger partial charge in [-0.1, -0.05) is 12.7 Å². The molecule has 0 heterocycles.